The molecule has 0 spiro atoms. The van der Waals surface area contributed by atoms with Gasteiger partial charge in [-0.25, -0.2) is 0 Å². The van der Waals surface area contributed by atoms with Gasteiger partial charge in [0.05, 0.1) is 30.2 Å². The standard InChI is InChI=1S/C22H22F3N5O4/c1-29-12-14(11-26-29)30-21(33)16(20(32)27-17-4-2-3-5-19(17)31)10-18(28-30)13-6-8-15(9-7-13)34-22(23,24)25/h6-12,17,19,31H,2-5H2,1H3,(H,27,32)/t17-,19+/m1/s1. The lowest BCUT2D eigenvalue weighted by Gasteiger charge is -2.28. The summed E-state index contributed by atoms with van der Waals surface area (Å²) in [5.41, 5.74) is -0.0767. The van der Waals surface area contributed by atoms with Crippen LogP contribution >= 0.6 is 0 Å². The number of amides is 1. The number of carbonyl (C=O) groups excluding carboxylic acids is 1. The van der Waals surface area contributed by atoms with E-state index in [4.69, 9.17) is 0 Å². The van der Waals surface area contributed by atoms with E-state index < -0.39 is 35.7 Å². The number of nitrogens with zero attached hydrogens (tertiary/aromatic N) is 4. The summed E-state index contributed by atoms with van der Waals surface area (Å²) in [5, 5.41) is 21.2. The highest BCUT2D eigenvalue weighted by molar-refractivity contribution is 5.95. The van der Waals surface area contributed by atoms with Gasteiger partial charge in [-0.2, -0.15) is 14.9 Å². The third-order valence-electron chi connectivity index (χ3n) is 5.52. The first kappa shape index (κ1) is 23.5. The van der Waals surface area contributed by atoms with Crippen LogP contribution in [0.25, 0.3) is 16.9 Å². The van der Waals surface area contributed by atoms with Gasteiger partial charge in [-0.3, -0.25) is 14.3 Å². The maximum atomic E-state index is 13.1. The summed E-state index contributed by atoms with van der Waals surface area (Å²) in [6, 6.07) is 5.70. The Hall–Kier alpha value is -3.67. The molecule has 1 fully saturated rings. The second-order valence-corrected chi connectivity index (χ2v) is 8.04. The van der Waals surface area contributed by atoms with E-state index in [-0.39, 0.29) is 11.3 Å². The first-order valence-corrected chi connectivity index (χ1v) is 10.6. The van der Waals surface area contributed by atoms with Crippen molar-refractivity contribution in [3.63, 3.8) is 0 Å². The summed E-state index contributed by atoms with van der Waals surface area (Å²) < 4.78 is 43.8. The van der Waals surface area contributed by atoms with E-state index >= 15 is 0 Å². The van der Waals surface area contributed by atoms with Gasteiger partial charge in [0.2, 0.25) is 0 Å². The molecule has 2 N–H and O–H groups in total. The van der Waals surface area contributed by atoms with Crippen molar-refractivity contribution in [3.05, 3.63) is 58.6 Å². The molecule has 3 aromatic rings. The van der Waals surface area contributed by atoms with Gasteiger partial charge in [0.25, 0.3) is 11.5 Å². The van der Waals surface area contributed by atoms with E-state index in [1.807, 2.05) is 0 Å². The summed E-state index contributed by atoms with van der Waals surface area (Å²) in [7, 11) is 1.65. The predicted octanol–water partition coefficient (Wildman–Crippen LogP) is 2.56. The smallest absolute Gasteiger partial charge is 0.406 e. The van der Waals surface area contributed by atoms with Crippen LogP contribution in [0, 0.1) is 0 Å². The molecule has 9 nitrogen and oxygen atoms in total. The first-order chi connectivity index (χ1) is 16.1. The van der Waals surface area contributed by atoms with Crippen LogP contribution in [0.5, 0.6) is 5.75 Å². The molecule has 12 heteroatoms. The molecule has 0 aliphatic heterocycles. The SMILES string of the molecule is Cn1cc(-n2nc(-c3ccc(OC(F)(F)F)cc3)cc(C(=O)N[C@@H]3CCCC[C@@H]3O)c2=O)cn1. The number of hydrogen-bond acceptors (Lipinski definition) is 6. The van der Waals surface area contributed by atoms with Crippen LogP contribution in [0.1, 0.15) is 36.0 Å². The van der Waals surface area contributed by atoms with Gasteiger partial charge in [0.15, 0.2) is 0 Å². The number of hydrogen-bond donors (Lipinski definition) is 2. The zero-order chi connectivity index (χ0) is 24.5. The van der Waals surface area contributed by atoms with E-state index in [0.29, 0.717) is 24.1 Å². The number of aliphatic hydroxyl groups excluding tert-OH is 1. The second kappa shape index (κ2) is 9.29. The summed E-state index contributed by atoms with van der Waals surface area (Å²) in [4.78, 5) is 26.2. The molecule has 2 aromatic heterocycles. The number of aryl methyl sites for hydroxylation is 1. The van der Waals surface area contributed by atoms with Crippen LogP contribution < -0.4 is 15.6 Å². The fraction of sp³-hybridized carbons (Fsp3) is 0.364. The Morgan fingerprint density at radius 3 is 2.53 bits per heavy atom. The first-order valence-electron chi connectivity index (χ1n) is 10.6. The van der Waals surface area contributed by atoms with Gasteiger partial charge in [0.1, 0.15) is 17.0 Å². The third-order valence-corrected chi connectivity index (χ3v) is 5.52. The number of benzene rings is 1. The van der Waals surface area contributed by atoms with Crippen LogP contribution in [-0.4, -0.2) is 49.1 Å². The number of nitrogens with one attached hydrogen (secondary N) is 1. The molecule has 1 aliphatic rings. The maximum absolute atomic E-state index is 13.1. The molecule has 1 saturated carbocycles. The molecule has 34 heavy (non-hydrogen) atoms. The lowest BCUT2D eigenvalue weighted by atomic mass is 9.92. The monoisotopic (exact) mass is 477 g/mol. The molecule has 0 bridgehead atoms. The number of halogens is 3. The molecule has 2 heterocycles. The molecule has 180 valence electrons. The van der Waals surface area contributed by atoms with Crippen molar-refractivity contribution in [2.45, 2.75) is 44.2 Å². The molecule has 4 rings (SSSR count). The topological polar surface area (TPSA) is 111 Å². The van der Waals surface area contributed by atoms with E-state index in [2.05, 4.69) is 20.3 Å². The molecule has 0 unspecified atom stereocenters. The largest absolute Gasteiger partial charge is 0.573 e. The van der Waals surface area contributed by atoms with Crippen molar-refractivity contribution in [2.24, 2.45) is 7.05 Å². The molecule has 2 atom stereocenters. The fourth-order valence-corrected chi connectivity index (χ4v) is 3.84. The summed E-state index contributed by atoms with van der Waals surface area (Å²) in [5.74, 6) is -1.09. The van der Waals surface area contributed by atoms with Crippen LogP contribution in [-0.2, 0) is 7.05 Å². The average Bonchev–Trinajstić information content (AvgIpc) is 3.21. The minimum Gasteiger partial charge on any atom is -0.406 e. The van der Waals surface area contributed by atoms with Gasteiger partial charge in [-0.15, -0.1) is 13.2 Å². The number of aliphatic hydroxyl groups is 1. The minimum atomic E-state index is -4.83. The van der Waals surface area contributed by atoms with Crippen molar-refractivity contribution >= 4 is 5.91 Å². The summed E-state index contributed by atoms with van der Waals surface area (Å²) in [6.07, 6.45) is 0.227. The molecule has 1 amide bonds. The normalized spacial score (nSPS) is 18.5. The molecule has 1 aromatic carbocycles. The number of ether oxygens (including phenoxy) is 1. The predicted molar refractivity (Wildman–Crippen MR) is 114 cm³/mol. The van der Waals surface area contributed by atoms with E-state index in [0.717, 1.165) is 29.7 Å². The Kier molecular flexibility index (Phi) is 6.42. The van der Waals surface area contributed by atoms with Gasteiger partial charge in [-0.05, 0) is 43.2 Å². The van der Waals surface area contributed by atoms with Crippen LogP contribution in [0.15, 0.2) is 47.5 Å². The fourth-order valence-electron chi connectivity index (χ4n) is 3.84. The number of aromatic nitrogens is 4. The van der Waals surface area contributed by atoms with E-state index in [9.17, 15) is 27.9 Å². The zero-order valence-corrected chi connectivity index (χ0v) is 18.1. The van der Waals surface area contributed by atoms with Gasteiger partial charge in [0, 0.05) is 12.6 Å². The average molecular weight is 477 g/mol. The van der Waals surface area contributed by atoms with Crippen molar-refractivity contribution in [1.29, 1.82) is 0 Å². The van der Waals surface area contributed by atoms with E-state index in [1.54, 1.807) is 7.05 Å². The maximum Gasteiger partial charge on any atom is 0.573 e. The third kappa shape index (κ3) is 5.28. The summed E-state index contributed by atoms with van der Waals surface area (Å²) in [6.45, 7) is 0. The summed E-state index contributed by atoms with van der Waals surface area (Å²) >= 11 is 0. The van der Waals surface area contributed by atoms with Crippen molar-refractivity contribution in [2.75, 3.05) is 0 Å². The van der Waals surface area contributed by atoms with Crippen molar-refractivity contribution in [1.82, 2.24) is 24.9 Å². The molecule has 0 radical (unpaired) electrons. The van der Waals surface area contributed by atoms with Crippen molar-refractivity contribution < 1.29 is 27.8 Å². The lowest BCUT2D eigenvalue weighted by Crippen LogP contribution is -2.46. The van der Waals surface area contributed by atoms with Gasteiger partial charge < -0.3 is 15.2 Å². The molecule has 1 aliphatic carbocycles. The molecular weight excluding hydrogens is 455 g/mol. The molecule has 0 saturated heterocycles. The van der Waals surface area contributed by atoms with Crippen LogP contribution in [0.2, 0.25) is 0 Å². The Balaban J connectivity index is 1.73. The highest BCUT2D eigenvalue weighted by Gasteiger charge is 2.31. The van der Waals surface area contributed by atoms with E-state index in [1.165, 1.54) is 35.3 Å². The Labute approximate surface area is 191 Å². The Morgan fingerprint density at radius 2 is 1.91 bits per heavy atom. The quantitative estimate of drug-likeness (QED) is 0.584. The number of alkyl halides is 3. The molecular formula is C22H22F3N5O4. The van der Waals surface area contributed by atoms with Crippen LogP contribution in [0.4, 0.5) is 13.2 Å². The zero-order valence-electron chi connectivity index (χ0n) is 18.1. The Bertz CT molecular complexity index is 1240. The minimum absolute atomic E-state index is 0.177. The number of carbonyl (C=O) groups is 1. The second-order valence-electron chi connectivity index (χ2n) is 8.04. The van der Waals surface area contributed by atoms with Crippen molar-refractivity contribution in [3.8, 4) is 22.7 Å². The highest BCUT2D eigenvalue weighted by Crippen LogP contribution is 2.26. The van der Waals surface area contributed by atoms with Gasteiger partial charge >= 0.3 is 6.36 Å². The number of rotatable bonds is 5. The lowest BCUT2D eigenvalue weighted by molar-refractivity contribution is -0.274. The Morgan fingerprint density at radius 1 is 1.21 bits per heavy atom. The van der Waals surface area contributed by atoms with Crippen LogP contribution in [0.3, 0.4) is 0 Å². The highest BCUT2D eigenvalue weighted by atomic mass is 19.4. The van der Waals surface area contributed by atoms with Gasteiger partial charge in [-0.1, -0.05) is 12.8 Å².